The molecular weight excluding hydrogens is 320 g/mol. The number of hydrogen-bond donors (Lipinski definition) is 1. The number of amides is 1. The molecule has 0 saturated carbocycles. The lowest BCUT2D eigenvalue weighted by Crippen LogP contribution is -2.28. The molecule has 23 heavy (non-hydrogen) atoms. The second-order valence-electron chi connectivity index (χ2n) is 4.90. The summed E-state index contributed by atoms with van der Waals surface area (Å²) in [7, 11) is 0. The van der Waals surface area contributed by atoms with Crippen molar-refractivity contribution < 1.29 is 14.5 Å². The van der Waals surface area contributed by atoms with E-state index in [1.807, 2.05) is 6.07 Å². The third-order valence-corrected chi connectivity index (χ3v) is 3.35. The summed E-state index contributed by atoms with van der Waals surface area (Å²) in [6.07, 6.45) is 0. The van der Waals surface area contributed by atoms with Crippen LogP contribution in [0.4, 0.5) is 5.69 Å². The van der Waals surface area contributed by atoms with Crippen molar-refractivity contribution in [1.82, 2.24) is 5.32 Å². The van der Waals surface area contributed by atoms with Crippen LogP contribution in [-0.4, -0.2) is 17.4 Å². The average molecular weight is 335 g/mol. The van der Waals surface area contributed by atoms with Crippen LogP contribution in [0.3, 0.4) is 0 Å². The van der Waals surface area contributed by atoms with Gasteiger partial charge in [0, 0.05) is 23.2 Å². The maximum Gasteiger partial charge on any atom is 0.272 e. The molecule has 0 unspecified atom stereocenters. The van der Waals surface area contributed by atoms with E-state index < -0.39 is 4.92 Å². The number of nitrogens with zero attached hydrogens (tertiary/aromatic N) is 1. The molecule has 1 N–H and O–H groups in total. The minimum Gasteiger partial charge on any atom is -0.484 e. The van der Waals surface area contributed by atoms with Gasteiger partial charge in [0.15, 0.2) is 6.61 Å². The van der Waals surface area contributed by atoms with Crippen LogP contribution < -0.4 is 10.1 Å². The Hall–Kier alpha value is -2.60. The molecule has 0 spiro atoms. The van der Waals surface area contributed by atoms with E-state index in [-0.39, 0.29) is 18.2 Å². The number of carbonyl (C=O) groups is 1. The number of nitrogens with one attached hydrogen (secondary N) is 1. The zero-order valence-corrected chi connectivity index (χ0v) is 13.2. The molecule has 0 fully saturated rings. The van der Waals surface area contributed by atoms with E-state index in [0.29, 0.717) is 22.9 Å². The number of halogens is 1. The van der Waals surface area contributed by atoms with E-state index >= 15 is 0 Å². The van der Waals surface area contributed by atoms with Crippen molar-refractivity contribution in [3.8, 4) is 5.75 Å². The number of ether oxygens (including phenoxy) is 1. The highest BCUT2D eigenvalue weighted by molar-refractivity contribution is 6.30. The quantitative estimate of drug-likeness (QED) is 0.649. The fourth-order valence-electron chi connectivity index (χ4n) is 1.97. The van der Waals surface area contributed by atoms with Gasteiger partial charge in [-0.05, 0) is 36.8 Å². The number of rotatable bonds is 6. The van der Waals surface area contributed by atoms with Gasteiger partial charge in [-0.2, -0.15) is 0 Å². The molecule has 2 aromatic rings. The van der Waals surface area contributed by atoms with Crippen molar-refractivity contribution >= 4 is 23.2 Å². The maximum atomic E-state index is 11.8. The summed E-state index contributed by atoms with van der Waals surface area (Å²) in [6.45, 7) is 1.80. The molecule has 0 bridgehead atoms. The fourth-order valence-corrected chi connectivity index (χ4v) is 2.18. The molecule has 6 nitrogen and oxygen atoms in total. The molecule has 1 amide bonds. The molecule has 0 aliphatic heterocycles. The van der Waals surface area contributed by atoms with Gasteiger partial charge in [-0.1, -0.05) is 23.7 Å². The first kappa shape index (κ1) is 16.8. The predicted octanol–water partition coefficient (Wildman–Crippen LogP) is 3.25. The molecule has 0 aromatic heterocycles. The van der Waals surface area contributed by atoms with E-state index in [1.165, 1.54) is 18.2 Å². The van der Waals surface area contributed by atoms with Crippen LogP contribution in [0.25, 0.3) is 0 Å². The van der Waals surface area contributed by atoms with Gasteiger partial charge in [0.25, 0.3) is 11.6 Å². The van der Waals surface area contributed by atoms with Crippen LogP contribution >= 0.6 is 11.6 Å². The Kier molecular flexibility index (Phi) is 5.54. The molecule has 0 saturated heterocycles. The summed E-state index contributed by atoms with van der Waals surface area (Å²) in [5.74, 6) is 0.118. The fraction of sp³-hybridized carbons (Fsp3) is 0.188. The molecular formula is C16H15ClN2O4. The SMILES string of the molecule is Cc1cc(OCC(=O)NCc2cccc(Cl)c2)ccc1[N+](=O)[O-]. The topological polar surface area (TPSA) is 81.5 Å². The van der Waals surface area contributed by atoms with Gasteiger partial charge in [-0.15, -0.1) is 0 Å². The van der Waals surface area contributed by atoms with Crippen LogP contribution in [0.5, 0.6) is 5.75 Å². The standard InChI is InChI=1S/C16H15ClN2O4/c1-11-7-14(5-6-15(11)19(21)22)23-10-16(20)18-9-12-3-2-4-13(17)8-12/h2-8H,9-10H2,1H3,(H,18,20). The van der Waals surface area contributed by atoms with Gasteiger partial charge >= 0.3 is 0 Å². The summed E-state index contributed by atoms with van der Waals surface area (Å²) in [5, 5.41) is 14.0. The van der Waals surface area contributed by atoms with Crippen molar-refractivity contribution in [3.05, 3.63) is 68.7 Å². The Morgan fingerprint density at radius 2 is 2.09 bits per heavy atom. The number of benzene rings is 2. The summed E-state index contributed by atoms with van der Waals surface area (Å²) >= 11 is 5.87. The monoisotopic (exact) mass is 334 g/mol. The average Bonchev–Trinajstić information content (AvgIpc) is 2.50. The molecule has 0 aliphatic rings. The predicted molar refractivity (Wildman–Crippen MR) is 86.6 cm³/mol. The molecule has 120 valence electrons. The highest BCUT2D eigenvalue weighted by Crippen LogP contribution is 2.22. The van der Waals surface area contributed by atoms with Crippen molar-refractivity contribution in [1.29, 1.82) is 0 Å². The van der Waals surface area contributed by atoms with Gasteiger partial charge in [0.2, 0.25) is 0 Å². The smallest absolute Gasteiger partial charge is 0.272 e. The number of nitro benzene ring substituents is 1. The van der Waals surface area contributed by atoms with Gasteiger partial charge in [0.05, 0.1) is 4.92 Å². The number of carbonyl (C=O) groups excluding carboxylic acids is 1. The summed E-state index contributed by atoms with van der Waals surface area (Å²) < 4.78 is 5.33. The van der Waals surface area contributed by atoms with E-state index in [1.54, 1.807) is 25.1 Å². The largest absolute Gasteiger partial charge is 0.484 e. The lowest BCUT2D eigenvalue weighted by Gasteiger charge is -2.08. The highest BCUT2D eigenvalue weighted by Gasteiger charge is 2.11. The number of hydrogen-bond acceptors (Lipinski definition) is 4. The van der Waals surface area contributed by atoms with Gasteiger partial charge in [0.1, 0.15) is 5.75 Å². The first-order valence-corrected chi connectivity index (χ1v) is 7.22. The van der Waals surface area contributed by atoms with Crippen molar-refractivity contribution in [2.45, 2.75) is 13.5 Å². The van der Waals surface area contributed by atoms with Crippen LogP contribution in [0.1, 0.15) is 11.1 Å². The second-order valence-corrected chi connectivity index (χ2v) is 5.34. The number of aryl methyl sites for hydroxylation is 1. The van der Waals surface area contributed by atoms with Crippen LogP contribution in [0, 0.1) is 17.0 Å². The Bertz CT molecular complexity index is 734. The summed E-state index contributed by atoms with van der Waals surface area (Å²) in [4.78, 5) is 22.0. The molecule has 0 heterocycles. The molecule has 0 radical (unpaired) electrons. The molecule has 0 aliphatic carbocycles. The van der Waals surface area contributed by atoms with Gasteiger partial charge in [-0.3, -0.25) is 14.9 Å². The Balaban J connectivity index is 1.84. The normalized spacial score (nSPS) is 10.2. The minimum atomic E-state index is -0.461. The lowest BCUT2D eigenvalue weighted by atomic mass is 10.2. The van der Waals surface area contributed by atoms with E-state index in [4.69, 9.17) is 16.3 Å². The third-order valence-electron chi connectivity index (χ3n) is 3.11. The summed E-state index contributed by atoms with van der Waals surface area (Å²) in [6, 6.07) is 11.5. The third kappa shape index (κ3) is 4.96. The molecule has 0 atom stereocenters. The Labute approximate surface area is 138 Å². The first-order valence-electron chi connectivity index (χ1n) is 6.84. The maximum absolute atomic E-state index is 11.8. The summed E-state index contributed by atoms with van der Waals surface area (Å²) in [5.41, 5.74) is 1.38. The van der Waals surface area contributed by atoms with E-state index in [9.17, 15) is 14.9 Å². The van der Waals surface area contributed by atoms with E-state index in [0.717, 1.165) is 5.56 Å². The zero-order chi connectivity index (χ0) is 16.8. The highest BCUT2D eigenvalue weighted by atomic mass is 35.5. The molecule has 2 rings (SSSR count). The van der Waals surface area contributed by atoms with Gasteiger partial charge in [-0.25, -0.2) is 0 Å². The molecule has 7 heteroatoms. The van der Waals surface area contributed by atoms with Crippen molar-refractivity contribution in [2.75, 3.05) is 6.61 Å². The van der Waals surface area contributed by atoms with Crippen LogP contribution in [0.15, 0.2) is 42.5 Å². The van der Waals surface area contributed by atoms with E-state index in [2.05, 4.69) is 5.32 Å². The van der Waals surface area contributed by atoms with Crippen LogP contribution in [0.2, 0.25) is 5.02 Å². The lowest BCUT2D eigenvalue weighted by molar-refractivity contribution is -0.385. The van der Waals surface area contributed by atoms with Gasteiger partial charge < -0.3 is 10.1 Å². The molecule has 2 aromatic carbocycles. The minimum absolute atomic E-state index is 0.0164. The number of nitro groups is 1. The van der Waals surface area contributed by atoms with Crippen molar-refractivity contribution in [2.24, 2.45) is 0 Å². The van der Waals surface area contributed by atoms with Crippen molar-refractivity contribution in [3.63, 3.8) is 0 Å². The Morgan fingerprint density at radius 1 is 1.30 bits per heavy atom. The Morgan fingerprint density at radius 3 is 2.74 bits per heavy atom. The van der Waals surface area contributed by atoms with Crippen LogP contribution in [-0.2, 0) is 11.3 Å². The zero-order valence-electron chi connectivity index (χ0n) is 12.4. The first-order chi connectivity index (χ1) is 11.0. The second kappa shape index (κ2) is 7.60.